The van der Waals surface area contributed by atoms with Crippen LogP contribution in [0.4, 0.5) is 0 Å². The summed E-state index contributed by atoms with van der Waals surface area (Å²) in [6.45, 7) is 7.95. The van der Waals surface area contributed by atoms with E-state index in [-0.39, 0.29) is 30.9 Å². The fourth-order valence-electron chi connectivity index (χ4n) is 2.41. The number of benzene rings is 1. The molecule has 0 amide bonds. The van der Waals surface area contributed by atoms with Crippen LogP contribution in [0.2, 0.25) is 0 Å². The quantitative estimate of drug-likeness (QED) is 0.780. The van der Waals surface area contributed by atoms with Gasteiger partial charge in [-0.25, -0.2) is 0 Å². The van der Waals surface area contributed by atoms with E-state index in [1.807, 2.05) is 18.2 Å². The number of halogens is 3. The highest BCUT2D eigenvalue weighted by atomic mass is 79.9. The predicted octanol–water partition coefficient (Wildman–Crippen LogP) is 3.52. The number of phenols is 1. The maximum atomic E-state index is 9.68. The Labute approximate surface area is 141 Å². The lowest BCUT2D eigenvalue weighted by Crippen LogP contribution is -2.45. The second kappa shape index (κ2) is 9.64. The largest absolute Gasteiger partial charge is 0.508 e. The molecule has 1 atom stereocenters. The Balaban J connectivity index is 0.00000180. The van der Waals surface area contributed by atoms with E-state index in [2.05, 4.69) is 32.7 Å². The number of nitrogens with zero attached hydrogens (tertiary/aromatic N) is 1. The summed E-state index contributed by atoms with van der Waals surface area (Å²) in [5.74, 6) is 0.317. The van der Waals surface area contributed by atoms with Crippen molar-refractivity contribution in [1.82, 2.24) is 10.2 Å². The average molecular weight is 384 g/mol. The summed E-state index contributed by atoms with van der Waals surface area (Å²) in [5.41, 5.74) is 1.14. The Morgan fingerprint density at radius 1 is 1.35 bits per heavy atom. The van der Waals surface area contributed by atoms with Gasteiger partial charge in [-0.2, -0.15) is 0 Å². The lowest BCUT2D eigenvalue weighted by atomic mass is 10.0. The van der Waals surface area contributed by atoms with Gasteiger partial charge in [0.25, 0.3) is 0 Å². The first-order chi connectivity index (χ1) is 8.72. The Bertz CT molecular complexity index is 426. The van der Waals surface area contributed by atoms with Crippen LogP contribution in [-0.2, 0) is 0 Å². The molecule has 3 nitrogen and oxygen atoms in total. The Hall–Kier alpha value is -0.260. The van der Waals surface area contributed by atoms with Gasteiger partial charge in [0.15, 0.2) is 0 Å². The lowest BCUT2D eigenvalue weighted by Gasteiger charge is -2.35. The van der Waals surface area contributed by atoms with Crippen LogP contribution in [0.5, 0.6) is 5.75 Å². The van der Waals surface area contributed by atoms with Crippen molar-refractivity contribution >= 4 is 40.7 Å². The molecule has 0 spiro atoms. The molecule has 20 heavy (non-hydrogen) atoms. The molecule has 0 bridgehead atoms. The third kappa shape index (κ3) is 4.93. The van der Waals surface area contributed by atoms with Crippen molar-refractivity contribution in [1.29, 1.82) is 0 Å². The monoisotopic (exact) mass is 382 g/mol. The van der Waals surface area contributed by atoms with Crippen LogP contribution in [0.15, 0.2) is 35.3 Å². The maximum Gasteiger partial charge on any atom is 0.115 e. The molecule has 0 saturated carbocycles. The molecular weight excluding hydrogens is 363 g/mol. The summed E-state index contributed by atoms with van der Waals surface area (Å²) in [6.07, 6.45) is 2.84. The van der Waals surface area contributed by atoms with Gasteiger partial charge in [0.1, 0.15) is 5.75 Å². The first kappa shape index (κ1) is 19.7. The van der Waals surface area contributed by atoms with E-state index < -0.39 is 0 Å². The van der Waals surface area contributed by atoms with Crippen molar-refractivity contribution in [3.63, 3.8) is 0 Å². The zero-order chi connectivity index (χ0) is 13.0. The van der Waals surface area contributed by atoms with Gasteiger partial charge < -0.3 is 10.4 Å². The number of hydrogen-bond donors (Lipinski definition) is 2. The topological polar surface area (TPSA) is 35.5 Å². The molecule has 0 unspecified atom stereocenters. The van der Waals surface area contributed by atoms with Crippen LogP contribution in [-0.4, -0.2) is 36.2 Å². The predicted molar refractivity (Wildman–Crippen MR) is 92.3 cm³/mol. The Kier molecular flexibility index (Phi) is 9.51. The molecule has 1 aliphatic heterocycles. The van der Waals surface area contributed by atoms with Gasteiger partial charge in [0, 0.05) is 36.7 Å². The molecule has 1 saturated heterocycles. The summed E-state index contributed by atoms with van der Waals surface area (Å²) >= 11 is 3.58. The standard InChI is InChI=1S/C14H19BrN2O.2ClH/c1-2-3-14(17-8-6-16-7-9-17)12-10-11(18)4-5-13(12)15;;/h2,4-5,10,14,16,18H,1,3,6-9H2;2*1H/t14-;;/m1../s1. The van der Waals surface area contributed by atoms with Crippen LogP contribution >= 0.6 is 40.7 Å². The SMILES string of the molecule is C=CC[C@H](c1cc(O)ccc1Br)N1CCNCC1.Cl.Cl. The Morgan fingerprint density at radius 2 is 2.00 bits per heavy atom. The van der Waals surface area contributed by atoms with E-state index in [9.17, 15) is 5.11 Å². The molecule has 1 aliphatic rings. The van der Waals surface area contributed by atoms with E-state index in [0.29, 0.717) is 5.75 Å². The van der Waals surface area contributed by atoms with E-state index in [4.69, 9.17) is 0 Å². The number of hydrogen-bond acceptors (Lipinski definition) is 3. The van der Waals surface area contributed by atoms with Gasteiger partial charge in [0.05, 0.1) is 0 Å². The number of piperazine rings is 1. The highest BCUT2D eigenvalue weighted by Crippen LogP contribution is 2.33. The molecular formula is C14H21BrCl2N2O. The van der Waals surface area contributed by atoms with E-state index in [1.54, 1.807) is 6.07 Å². The van der Waals surface area contributed by atoms with Gasteiger partial charge in [-0.1, -0.05) is 22.0 Å². The summed E-state index contributed by atoms with van der Waals surface area (Å²) < 4.78 is 1.05. The highest BCUT2D eigenvalue weighted by Gasteiger charge is 2.23. The van der Waals surface area contributed by atoms with Crippen molar-refractivity contribution in [3.05, 3.63) is 40.9 Å². The molecule has 0 aliphatic carbocycles. The molecule has 0 radical (unpaired) electrons. The van der Waals surface area contributed by atoms with Crippen LogP contribution < -0.4 is 5.32 Å². The van der Waals surface area contributed by atoms with Gasteiger partial charge in [-0.3, -0.25) is 4.90 Å². The van der Waals surface area contributed by atoms with Crippen molar-refractivity contribution in [3.8, 4) is 5.75 Å². The minimum Gasteiger partial charge on any atom is -0.508 e. The lowest BCUT2D eigenvalue weighted by molar-refractivity contribution is 0.174. The van der Waals surface area contributed by atoms with Crippen molar-refractivity contribution < 1.29 is 5.11 Å². The number of phenolic OH excluding ortho intramolecular Hbond substituents is 1. The van der Waals surface area contributed by atoms with Gasteiger partial charge in [-0.05, 0) is 30.2 Å². The third-order valence-corrected chi connectivity index (χ3v) is 4.04. The number of rotatable bonds is 4. The first-order valence-corrected chi connectivity index (χ1v) is 7.05. The Morgan fingerprint density at radius 3 is 2.60 bits per heavy atom. The molecule has 1 fully saturated rings. The zero-order valence-electron chi connectivity index (χ0n) is 11.2. The van der Waals surface area contributed by atoms with Crippen LogP contribution in [0.3, 0.4) is 0 Å². The highest BCUT2D eigenvalue weighted by molar-refractivity contribution is 9.10. The molecule has 2 N–H and O–H groups in total. The summed E-state index contributed by atoms with van der Waals surface area (Å²) in [5, 5.41) is 13.0. The fraction of sp³-hybridized carbons (Fsp3) is 0.429. The number of aromatic hydroxyl groups is 1. The normalized spacial score (nSPS) is 16.6. The maximum absolute atomic E-state index is 9.68. The molecule has 2 rings (SSSR count). The van der Waals surface area contributed by atoms with Crippen molar-refractivity contribution in [2.75, 3.05) is 26.2 Å². The molecule has 114 valence electrons. The van der Waals surface area contributed by atoms with Crippen LogP contribution in [0.25, 0.3) is 0 Å². The van der Waals surface area contributed by atoms with Crippen molar-refractivity contribution in [2.45, 2.75) is 12.5 Å². The third-order valence-electron chi connectivity index (χ3n) is 3.32. The van der Waals surface area contributed by atoms with E-state index in [1.165, 1.54) is 0 Å². The zero-order valence-corrected chi connectivity index (χ0v) is 14.4. The average Bonchev–Trinajstić information content (AvgIpc) is 2.40. The van der Waals surface area contributed by atoms with Crippen LogP contribution in [0, 0.1) is 0 Å². The molecule has 6 heteroatoms. The van der Waals surface area contributed by atoms with Crippen LogP contribution in [0.1, 0.15) is 18.0 Å². The van der Waals surface area contributed by atoms with Gasteiger partial charge >= 0.3 is 0 Å². The summed E-state index contributed by atoms with van der Waals surface area (Å²) in [4.78, 5) is 2.44. The van der Waals surface area contributed by atoms with Gasteiger partial charge in [0.2, 0.25) is 0 Å². The second-order valence-corrected chi connectivity index (χ2v) is 5.39. The second-order valence-electron chi connectivity index (χ2n) is 4.53. The minimum absolute atomic E-state index is 0. The van der Waals surface area contributed by atoms with E-state index >= 15 is 0 Å². The van der Waals surface area contributed by atoms with Gasteiger partial charge in [-0.15, -0.1) is 31.4 Å². The van der Waals surface area contributed by atoms with Crippen molar-refractivity contribution in [2.24, 2.45) is 0 Å². The summed E-state index contributed by atoms with van der Waals surface area (Å²) in [7, 11) is 0. The molecule has 1 aromatic carbocycles. The smallest absolute Gasteiger partial charge is 0.115 e. The van der Waals surface area contributed by atoms with E-state index in [0.717, 1.165) is 42.6 Å². The fourth-order valence-corrected chi connectivity index (χ4v) is 2.92. The summed E-state index contributed by atoms with van der Waals surface area (Å²) in [6, 6.07) is 5.74. The molecule has 0 aromatic heterocycles. The molecule has 1 aromatic rings. The number of nitrogens with one attached hydrogen (secondary N) is 1. The minimum atomic E-state index is 0. The first-order valence-electron chi connectivity index (χ1n) is 6.26. The molecule has 1 heterocycles.